The summed E-state index contributed by atoms with van der Waals surface area (Å²) in [6.07, 6.45) is 0. The van der Waals surface area contributed by atoms with Gasteiger partial charge in [0.05, 0.1) is 11.5 Å². The number of azo groups is 1. The first-order valence-corrected chi connectivity index (χ1v) is 6.84. The molecule has 1 N–H and O–H groups in total. The van der Waals surface area contributed by atoms with Crippen molar-refractivity contribution in [2.24, 2.45) is 10.2 Å². The van der Waals surface area contributed by atoms with Crippen molar-refractivity contribution in [2.45, 2.75) is 13.5 Å². The number of benzene rings is 2. The van der Waals surface area contributed by atoms with E-state index >= 15 is 0 Å². The molecule has 3 rings (SSSR count). The number of aromatic nitrogens is 1. The van der Waals surface area contributed by atoms with E-state index in [1.165, 1.54) is 6.07 Å². The maximum absolute atomic E-state index is 10.9. The molecule has 2 aromatic carbocycles. The summed E-state index contributed by atoms with van der Waals surface area (Å²) in [7, 11) is 0. The lowest BCUT2D eigenvalue weighted by Gasteiger charge is -1.97. The number of H-pyrrole nitrogens is 1. The average Bonchev–Trinajstić information content (AvgIpc) is 2.83. The van der Waals surface area contributed by atoms with Crippen LogP contribution in [-0.4, -0.2) is 9.91 Å². The molecular weight excluding hydrogens is 280 g/mol. The van der Waals surface area contributed by atoms with Gasteiger partial charge < -0.3 is 4.98 Å². The lowest BCUT2D eigenvalue weighted by Crippen LogP contribution is -1.87. The number of aryl methyl sites for hydroxylation is 1. The van der Waals surface area contributed by atoms with Crippen LogP contribution >= 0.6 is 0 Å². The highest BCUT2D eigenvalue weighted by molar-refractivity contribution is 5.84. The predicted octanol–water partition coefficient (Wildman–Crippen LogP) is 4.67. The fourth-order valence-corrected chi connectivity index (χ4v) is 2.42. The Bertz CT molecular complexity index is 867. The van der Waals surface area contributed by atoms with Crippen molar-refractivity contribution in [3.63, 3.8) is 0 Å². The molecule has 1 heterocycles. The molecule has 6 heteroatoms. The van der Waals surface area contributed by atoms with Gasteiger partial charge in [0.15, 0.2) is 5.69 Å². The molecule has 0 saturated heterocycles. The monoisotopic (exact) mass is 294 g/mol. The summed E-state index contributed by atoms with van der Waals surface area (Å²) in [5, 5.41) is 20.2. The topological polar surface area (TPSA) is 83.6 Å². The van der Waals surface area contributed by atoms with Crippen LogP contribution in [0.25, 0.3) is 10.9 Å². The second kappa shape index (κ2) is 5.77. The SMILES string of the molecule is Cc1[nH]c2ccccc2c1CN=Nc1ccccc1[N+](=O)[O-]. The number of nitrogens with one attached hydrogen (secondary N) is 1. The fourth-order valence-electron chi connectivity index (χ4n) is 2.42. The summed E-state index contributed by atoms with van der Waals surface area (Å²) in [5.41, 5.74) is 3.36. The molecule has 1 aromatic heterocycles. The van der Waals surface area contributed by atoms with Crippen LogP contribution < -0.4 is 0 Å². The molecule has 0 aliphatic carbocycles. The van der Waals surface area contributed by atoms with Gasteiger partial charge in [-0.2, -0.15) is 5.11 Å². The third-order valence-corrected chi connectivity index (χ3v) is 3.51. The summed E-state index contributed by atoms with van der Waals surface area (Å²) in [5.74, 6) is 0. The summed E-state index contributed by atoms with van der Waals surface area (Å²) < 4.78 is 0. The normalized spacial score (nSPS) is 11.3. The lowest BCUT2D eigenvalue weighted by atomic mass is 10.1. The van der Waals surface area contributed by atoms with E-state index in [1.807, 2.05) is 31.2 Å². The molecule has 0 atom stereocenters. The number of fused-ring (bicyclic) bond motifs is 1. The Hall–Kier alpha value is -3.02. The van der Waals surface area contributed by atoms with Crippen LogP contribution in [0.1, 0.15) is 11.3 Å². The van der Waals surface area contributed by atoms with Crippen molar-refractivity contribution >= 4 is 22.3 Å². The maximum atomic E-state index is 10.9. The highest BCUT2D eigenvalue weighted by atomic mass is 16.6. The van der Waals surface area contributed by atoms with E-state index in [0.717, 1.165) is 22.2 Å². The fraction of sp³-hybridized carbons (Fsp3) is 0.125. The van der Waals surface area contributed by atoms with Gasteiger partial charge in [-0.15, -0.1) is 5.11 Å². The van der Waals surface area contributed by atoms with Gasteiger partial charge in [0.25, 0.3) is 5.69 Å². The molecule has 0 saturated carbocycles. The zero-order chi connectivity index (χ0) is 15.5. The highest BCUT2D eigenvalue weighted by Crippen LogP contribution is 2.28. The Kier molecular flexibility index (Phi) is 3.65. The zero-order valence-electron chi connectivity index (χ0n) is 12.0. The molecule has 0 amide bonds. The highest BCUT2D eigenvalue weighted by Gasteiger charge is 2.12. The van der Waals surface area contributed by atoms with E-state index in [-0.39, 0.29) is 11.4 Å². The first kappa shape index (κ1) is 13.9. The van der Waals surface area contributed by atoms with Crippen LogP contribution in [0, 0.1) is 17.0 Å². The van der Waals surface area contributed by atoms with Crippen molar-refractivity contribution in [1.29, 1.82) is 0 Å². The lowest BCUT2D eigenvalue weighted by molar-refractivity contribution is -0.384. The van der Waals surface area contributed by atoms with Gasteiger partial charge >= 0.3 is 0 Å². The molecule has 110 valence electrons. The molecule has 0 bridgehead atoms. The van der Waals surface area contributed by atoms with E-state index in [2.05, 4.69) is 15.2 Å². The first-order chi connectivity index (χ1) is 10.7. The van der Waals surface area contributed by atoms with Gasteiger partial charge in [-0.1, -0.05) is 30.3 Å². The Balaban J connectivity index is 1.88. The number of aromatic amines is 1. The second-order valence-electron chi connectivity index (χ2n) is 4.92. The Morgan fingerprint density at radius 1 is 1.14 bits per heavy atom. The van der Waals surface area contributed by atoms with Gasteiger partial charge in [-0.05, 0) is 19.1 Å². The molecule has 0 aliphatic rings. The van der Waals surface area contributed by atoms with Gasteiger partial charge in [0.1, 0.15) is 0 Å². The van der Waals surface area contributed by atoms with Crippen molar-refractivity contribution < 1.29 is 4.92 Å². The Morgan fingerprint density at radius 2 is 1.86 bits per heavy atom. The summed E-state index contributed by atoms with van der Waals surface area (Å²) >= 11 is 0. The quantitative estimate of drug-likeness (QED) is 0.431. The van der Waals surface area contributed by atoms with Crippen LogP contribution in [0.5, 0.6) is 0 Å². The number of nitrogens with zero attached hydrogens (tertiary/aromatic N) is 3. The summed E-state index contributed by atoms with van der Waals surface area (Å²) in [6.45, 7) is 2.36. The molecule has 0 aliphatic heterocycles. The van der Waals surface area contributed by atoms with Gasteiger partial charge in [0.2, 0.25) is 0 Å². The van der Waals surface area contributed by atoms with Crippen molar-refractivity contribution in [2.75, 3.05) is 0 Å². The van der Waals surface area contributed by atoms with Crippen molar-refractivity contribution in [1.82, 2.24) is 4.98 Å². The Morgan fingerprint density at radius 3 is 2.68 bits per heavy atom. The van der Waals surface area contributed by atoms with Gasteiger partial charge in [-0.25, -0.2) is 0 Å². The van der Waals surface area contributed by atoms with E-state index in [4.69, 9.17) is 0 Å². The predicted molar refractivity (Wildman–Crippen MR) is 84.4 cm³/mol. The van der Waals surface area contributed by atoms with E-state index in [9.17, 15) is 10.1 Å². The van der Waals surface area contributed by atoms with Gasteiger partial charge in [0, 0.05) is 28.2 Å². The zero-order valence-corrected chi connectivity index (χ0v) is 12.0. The van der Waals surface area contributed by atoms with E-state index < -0.39 is 4.92 Å². The molecule has 0 radical (unpaired) electrons. The number of nitro benzene ring substituents is 1. The molecule has 6 nitrogen and oxygen atoms in total. The molecule has 22 heavy (non-hydrogen) atoms. The van der Waals surface area contributed by atoms with Crippen molar-refractivity contribution in [3.8, 4) is 0 Å². The minimum absolute atomic E-state index is 0.0399. The number of rotatable bonds is 4. The number of hydrogen-bond acceptors (Lipinski definition) is 4. The van der Waals surface area contributed by atoms with Gasteiger partial charge in [-0.3, -0.25) is 10.1 Å². The largest absolute Gasteiger partial charge is 0.358 e. The molecule has 3 aromatic rings. The Labute approximate surface area is 126 Å². The average molecular weight is 294 g/mol. The molecule has 0 spiro atoms. The van der Waals surface area contributed by atoms with Crippen molar-refractivity contribution in [3.05, 3.63) is 69.9 Å². The maximum Gasteiger partial charge on any atom is 0.296 e. The van der Waals surface area contributed by atoms with Crippen LogP contribution in [0.15, 0.2) is 58.8 Å². The summed E-state index contributed by atoms with van der Waals surface area (Å²) in [6, 6.07) is 14.3. The second-order valence-corrected chi connectivity index (χ2v) is 4.92. The van der Waals surface area contributed by atoms with Crippen LogP contribution in [0.2, 0.25) is 0 Å². The number of nitro groups is 1. The molecule has 0 unspecified atom stereocenters. The smallest absolute Gasteiger partial charge is 0.296 e. The first-order valence-electron chi connectivity index (χ1n) is 6.84. The minimum atomic E-state index is -0.453. The third kappa shape index (κ3) is 2.58. The van der Waals surface area contributed by atoms with Crippen LogP contribution in [0.3, 0.4) is 0 Å². The summed E-state index contributed by atoms with van der Waals surface area (Å²) in [4.78, 5) is 13.8. The molecular formula is C16H14N4O2. The van der Waals surface area contributed by atoms with E-state index in [1.54, 1.807) is 18.2 Å². The number of hydrogen-bond donors (Lipinski definition) is 1. The third-order valence-electron chi connectivity index (χ3n) is 3.51. The standard InChI is InChI=1S/C16H14N4O2/c1-11-13(12-6-2-3-7-14(12)18-11)10-17-19-15-8-4-5-9-16(15)20(21)22/h2-9,18H,10H2,1H3. The van der Waals surface area contributed by atoms with Crippen LogP contribution in [-0.2, 0) is 6.54 Å². The molecule has 0 fully saturated rings. The van der Waals surface area contributed by atoms with Crippen LogP contribution in [0.4, 0.5) is 11.4 Å². The number of para-hydroxylation sites is 2. The van der Waals surface area contributed by atoms with E-state index in [0.29, 0.717) is 6.54 Å². The minimum Gasteiger partial charge on any atom is -0.358 e.